The number of rotatable bonds is 10. The number of para-hydroxylation sites is 1. The summed E-state index contributed by atoms with van der Waals surface area (Å²) in [5.74, 6) is 0.227. The number of ether oxygens (including phenoxy) is 1. The quantitative estimate of drug-likeness (QED) is 0.116. The van der Waals surface area contributed by atoms with Gasteiger partial charge in [0.2, 0.25) is 0 Å². The second-order valence-electron chi connectivity index (χ2n) is 13.3. The van der Waals surface area contributed by atoms with Gasteiger partial charge in [-0.1, -0.05) is 130 Å². The molecule has 1 N–H and O–H groups in total. The van der Waals surface area contributed by atoms with Crippen LogP contribution in [0, 0.1) is 0 Å². The summed E-state index contributed by atoms with van der Waals surface area (Å²) < 4.78 is 40.5. The Labute approximate surface area is 274 Å². The van der Waals surface area contributed by atoms with Crippen LogP contribution in [0.3, 0.4) is 0 Å². The van der Waals surface area contributed by atoms with Gasteiger partial charge in [0.05, 0.1) is 25.1 Å². The van der Waals surface area contributed by atoms with Crippen LogP contribution in [0.25, 0.3) is 11.6 Å². The van der Waals surface area contributed by atoms with Gasteiger partial charge in [0.25, 0.3) is 8.32 Å². The van der Waals surface area contributed by atoms with E-state index in [-0.39, 0.29) is 35.9 Å². The first kappa shape index (κ1) is 32.2. The first-order valence-corrected chi connectivity index (χ1v) is 19.6. The number of phenolic OH excluding ortho intramolecular Hbond substituents is 1. The fourth-order valence-electron chi connectivity index (χ4n) is 7.13. The highest BCUT2D eigenvalue weighted by molar-refractivity contribution is 7.92. The zero-order valence-electron chi connectivity index (χ0n) is 26.7. The molecule has 4 aromatic carbocycles. The summed E-state index contributed by atoms with van der Waals surface area (Å²) in [6.07, 6.45) is 2.97. The Balaban J connectivity index is 1.34. The highest BCUT2D eigenvalue weighted by Crippen LogP contribution is 2.42. The molecule has 5 nitrogen and oxygen atoms in total. The molecular weight excluding hydrogens is 609 g/mol. The summed E-state index contributed by atoms with van der Waals surface area (Å²) >= 11 is 0. The molecule has 0 aromatic heterocycles. The second kappa shape index (κ2) is 13.2. The monoisotopic (exact) mass is 650 g/mol. The number of fused-ring (bicyclic) bond motifs is 1. The normalized spacial score (nSPS) is 19.8. The smallest absolute Gasteiger partial charge is 0.261 e. The fraction of sp³-hybridized carbons (Fsp3) is 0.282. The van der Waals surface area contributed by atoms with Crippen LogP contribution in [0.4, 0.5) is 0 Å². The molecular formula is C39H42O5SSi. The van der Waals surface area contributed by atoms with E-state index < -0.39 is 23.4 Å². The molecule has 4 aromatic rings. The number of hydrogen-bond donors (Lipinski definition) is 1. The molecule has 2 aliphatic rings. The number of sulfone groups is 1. The van der Waals surface area contributed by atoms with Crippen molar-refractivity contribution in [3.63, 3.8) is 0 Å². The number of phenols is 1. The van der Waals surface area contributed by atoms with Gasteiger partial charge >= 0.3 is 0 Å². The predicted octanol–water partition coefficient (Wildman–Crippen LogP) is 6.78. The van der Waals surface area contributed by atoms with E-state index in [1.165, 1.54) is 0 Å². The van der Waals surface area contributed by atoms with Crippen molar-refractivity contribution in [1.29, 1.82) is 0 Å². The third kappa shape index (κ3) is 6.29. The number of aromatic hydroxyl groups is 1. The maximum atomic E-state index is 13.5. The molecule has 6 rings (SSSR count). The Morgan fingerprint density at radius 3 is 2.02 bits per heavy atom. The van der Waals surface area contributed by atoms with E-state index in [9.17, 15) is 13.5 Å². The minimum Gasteiger partial charge on any atom is -0.507 e. The van der Waals surface area contributed by atoms with Gasteiger partial charge in [-0.3, -0.25) is 0 Å². The summed E-state index contributed by atoms with van der Waals surface area (Å²) in [7, 11) is -6.26. The summed E-state index contributed by atoms with van der Waals surface area (Å²) in [5.41, 5.74) is 4.58. The number of benzene rings is 4. The minimum atomic E-state index is -3.39. The van der Waals surface area contributed by atoms with Crippen molar-refractivity contribution in [3.05, 3.63) is 138 Å². The van der Waals surface area contributed by atoms with E-state index in [2.05, 4.69) is 81.4 Å². The van der Waals surface area contributed by atoms with E-state index in [1.54, 1.807) is 6.07 Å². The molecule has 1 saturated heterocycles. The van der Waals surface area contributed by atoms with Crippen LogP contribution in [0.2, 0.25) is 5.04 Å². The topological polar surface area (TPSA) is 72.8 Å². The summed E-state index contributed by atoms with van der Waals surface area (Å²) in [5, 5.41) is 12.0. The standard InChI is InChI=1S/C39H42O5SSi/c1-39(2,3)46(33-18-9-5-10-19-33,34-20-11-6-12-21-34)44-26-32-28-45(41,42)37-27-43-36(38(32)37)24-23-30(29-15-7-4-8-16-29)25-31-17-13-14-22-35(31)40/h4-22,25,36-37,40H,23-24,26-28H2,1-3H3/b30-25-/t36-,37+/m1/s1. The van der Waals surface area contributed by atoms with Crippen molar-refractivity contribution in [2.45, 2.75) is 50.0 Å². The van der Waals surface area contributed by atoms with Crippen molar-refractivity contribution in [2.24, 2.45) is 0 Å². The van der Waals surface area contributed by atoms with Crippen molar-refractivity contribution < 1.29 is 22.7 Å². The molecule has 0 spiro atoms. The lowest BCUT2D eigenvalue weighted by molar-refractivity contribution is 0.118. The highest BCUT2D eigenvalue weighted by atomic mass is 32.2. The van der Waals surface area contributed by atoms with Crippen LogP contribution in [0.1, 0.15) is 44.7 Å². The molecule has 238 valence electrons. The molecule has 0 saturated carbocycles. The Hall–Kier alpha value is -3.75. The lowest BCUT2D eigenvalue weighted by Crippen LogP contribution is -2.66. The number of hydrogen-bond acceptors (Lipinski definition) is 5. The SMILES string of the molecule is CC(C)(C)[Si](OCC1=C2[C@@H](CC/C(=C/c3ccccc3O)c3ccccc3)OC[C@@H]2S(=O)(=O)C1)(c1ccccc1)c1ccccc1. The first-order chi connectivity index (χ1) is 22.1. The van der Waals surface area contributed by atoms with E-state index in [4.69, 9.17) is 9.16 Å². The van der Waals surface area contributed by atoms with E-state index >= 15 is 0 Å². The first-order valence-electron chi connectivity index (χ1n) is 15.9. The maximum Gasteiger partial charge on any atom is 0.261 e. The predicted molar refractivity (Wildman–Crippen MR) is 190 cm³/mol. The minimum absolute atomic E-state index is 0.00430. The maximum absolute atomic E-state index is 13.5. The van der Waals surface area contributed by atoms with Crippen LogP contribution in [-0.2, 0) is 19.0 Å². The molecule has 0 bridgehead atoms. The van der Waals surface area contributed by atoms with Gasteiger partial charge in [-0.05, 0) is 62.7 Å². The van der Waals surface area contributed by atoms with Gasteiger partial charge in [-0.25, -0.2) is 8.42 Å². The lowest BCUT2D eigenvalue weighted by atomic mass is 9.93. The molecule has 2 heterocycles. The van der Waals surface area contributed by atoms with Crippen LogP contribution in [-0.4, -0.2) is 52.2 Å². The molecule has 0 unspecified atom stereocenters. The Morgan fingerprint density at radius 1 is 0.870 bits per heavy atom. The molecule has 2 atom stereocenters. The highest BCUT2D eigenvalue weighted by Gasteiger charge is 2.52. The lowest BCUT2D eigenvalue weighted by Gasteiger charge is -2.43. The van der Waals surface area contributed by atoms with E-state index in [1.807, 2.05) is 54.6 Å². The van der Waals surface area contributed by atoms with Gasteiger partial charge in [0, 0.05) is 5.56 Å². The Bertz CT molecular complexity index is 1790. The van der Waals surface area contributed by atoms with Gasteiger partial charge < -0.3 is 14.3 Å². The summed E-state index contributed by atoms with van der Waals surface area (Å²) in [6.45, 7) is 7.12. The fourth-order valence-corrected chi connectivity index (χ4v) is 13.6. The molecule has 0 aliphatic carbocycles. The molecule has 2 aliphatic heterocycles. The van der Waals surface area contributed by atoms with E-state index in [0.29, 0.717) is 12.8 Å². The third-order valence-electron chi connectivity index (χ3n) is 9.33. The summed E-state index contributed by atoms with van der Waals surface area (Å²) in [4.78, 5) is 0. The zero-order valence-corrected chi connectivity index (χ0v) is 28.5. The van der Waals surface area contributed by atoms with Gasteiger partial charge in [-0.2, -0.15) is 0 Å². The van der Waals surface area contributed by atoms with Gasteiger partial charge in [0.15, 0.2) is 9.84 Å². The molecule has 1 fully saturated rings. The van der Waals surface area contributed by atoms with Crippen molar-refractivity contribution in [2.75, 3.05) is 19.0 Å². The van der Waals surface area contributed by atoms with Crippen LogP contribution >= 0.6 is 0 Å². The zero-order chi connectivity index (χ0) is 32.4. The molecule has 0 radical (unpaired) electrons. The van der Waals surface area contributed by atoms with Gasteiger partial charge in [0.1, 0.15) is 11.0 Å². The second-order valence-corrected chi connectivity index (χ2v) is 19.8. The molecule has 7 heteroatoms. The number of allylic oxidation sites excluding steroid dienone is 1. The van der Waals surface area contributed by atoms with Crippen LogP contribution in [0.15, 0.2) is 126 Å². The van der Waals surface area contributed by atoms with Crippen LogP contribution < -0.4 is 10.4 Å². The summed E-state index contributed by atoms with van der Waals surface area (Å²) in [6, 6.07) is 38.3. The van der Waals surface area contributed by atoms with Gasteiger partial charge in [-0.15, -0.1) is 0 Å². The third-order valence-corrected chi connectivity index (χ3v) is 16.3. The molecule has 0 amide bonds. The van der Waals surface area contributed by atoms with Crippen molar-refractivity contribution in [3.8, 4) is 5.75 Å². The molecule has 46 heavy (non-hydrogen) atoms. The average molecular weight is 651 g/mol. The Kier molecular flexibility index (Phi) is 9.21. The van der Waals surface area contributed by atoms with E-state index in [0.717, 1.165) is 38.2 Å². The van der Waals surface area contributed by atoms with Crippen molar-refractivity contribution in [1.82, 2.24) is 0 Å². The van der Waals surface area contributed by atoms with Crippen molar-refractivity contribution >= 4 is 40.2 Å². The largest absolute Gasteiger partial charge is 0.507 e. The Morgan fingerprint density at radius 2 is 1.43 bits per heavy atom. The average Bonchev–Trinajstić information content (AvgIpc) is 3.60. The van der Waals surface area contributed by atoms with Crippen LogP contribution in [0.5, 0.6) is 5.75 Å².